The molecule has 2 unspecified atom stereocenters. The van der Waals surface area contributed by atoms with Crippen molar-refractivity contribution in [1.82, 2.24) is 20.7 Å². The second kappa shape index (κ2) is 8.14. The fraction of sp³-hybridized carbons (Fsp3) is 0.526. The minimum Gasteiger partial charge on any atom is -0.465 e. The van der Waals surface area contributed by atoms with Crippen LogP contribution in [0.3, 0.4) is 0 Å². The Morgan fingerprint density at radius 2 is 1.71 bits per heavy atom. The van der Waals surface area contributed by atoms with Crippen LogP contribution in [0.5, 0.6) is 0 Å². The Morgan fingerprint density at radius 3 is 2.29 bits per heavy atom. The molecule has 1 saturated carbocycles. The van der Waals surface area contributed by atoms with Crippen LogP contribution in [0, 0.1) is 11.7 Å². The summed E-state index contributed by atoms with van der Waals surface area (Å²) in [5.74, 6) is -1.13. The number of piperazine rings is 1. The van der Waals surface area contributed by atoms with E-state index in [4.69, 9.17) is 0 Å². The molecule has 1 saturated heterocycles. The second-order valence-electron chi connectivity index (χ2n) is 7.54. The number of hydrazine groups is 1. The molecule has 1 aliphatic heterocycles. The number of benzene rings is 1. The molecule has 1 aromatic carbocycles. The Bertz CT molecular complexity index is 753. The highest BCUT2D eigenvalue weighted by Crippen LogP contribution is 2.29. The van der Waals surface area contributed by atoms with Gasteiger partial charge in [-0.3, -0.25) is 25.3 Å². The number of hydrogen-bond donors (Lipinski definition) is 3. The number of amides is 3. The highest BCUT2D eigenvalue weighted by Gasteiger charge is 2.39. The van der Waals surface area contributed by atoms with Crippen LogP contribution in [0.4, 0.5) is 9.18 Å². The van der Waals surface area contributed by atoms with Gasteiger partial charge in [-0.25, -0.2) is 9.18 Å². The molecule has 0 spiro atoms. The number of carbonyl (C=O) groups is 3. The first-order chi connectivity index (χ1) is 13.3. The molecule has 2 aliphatic rings. The first-order valence-corrected chi connectivity index (χ1v) is 9.38. The van der Waals surface area contributed by atoms with Crippen molar-refractivity contribution < 1.29 is 23.9 Å². The Balaban J connectivity index is 1.81. The monoisotopic (exact) mass is 392 g/mol. The summed E-state index contributed by atoms with van der Waals surface area (Å²) in [6.07, 6.45) is 0.627. The molecule has 3 amide bonds. The summed E-state index contributed by atoms with van der Waals surface area (Å²) in [6.45, 7) is 4.20. The molecule has 3 atom stereocenters. The maximum Gasteiger partial charge on any atom is 0.407 e. The molecular formula is C19H25FN4O4. The highest BCUT2D eigenvalue weighted by atomic mass is 19.1. The van der Waals surface area contributed by atoms with E-state index in [1.807, 2.05) is 11.8 Å². The fourth-order valence-corrected chi connectivity index (χ4v) is 3.56. The molecule has 152 valence electrons. The number of nitrogens with one attached hydrogen (secondary N) is 2. The van der Waals surface area contributed by atoms with Crippen molar-refractivity contribution in [2.75, 3.05) is 13.1 Å². The van der Waals surface area contributed by atoms with Crippen molar-refractivity contribution in [3.63, 3.8) is 0 Å². The third-order valence-corrected chi connectivity index (χ3v) is 5.30. The van der Waals surface area contributed by atoms with Gasteiger partial charge in [0, 0.05) is 31.1 Å². The van der Waals surface area contributed by atoms with E-state index in [-0.39, 0.29) is 30.5 Å². The van der Waals surface area contributed by atoms with Crippen LogP contribution >= 0.6 is 0 Å². The minimum absolute atomic E-state index is 0.0531. The summed E-state index contributed by atoms with van der Waals surface area (Å²) in [6, 6.07) is 4.28. The minimum atomic E-state index is -1.00. The zero-order valence-corrected chi connectivity index (χ0v) is 15.9. The average molecular weight is 392 g/mol. The van der Waals surface area contributed by atoms with E-state index >= 15 is 0 Å². The summed E-state index contributed by atoms with van der Waals surface area (Å²) in [5.41, 5.74) is 5.51. The lowest BCUT2D eigenvalue weighted by Gasteiger charge is -2.45. The Labute approximate surface area is 162 Å². The standard InChI is InChI=1S/C19H25FN4O4/c1-11-10-24(19(27)28)12(2)9-23(11)16(13-5-7-15(20)8-6-13)18(26)22-21-17(25)14-3-4-14/h5-8,11-12,14,16H,3-4,9-10H2,1-2H3,(H,21,25)(H,22,26)(H,27,28)/t11?,12-,16?/m0/s1. The summed E-state index contributed by atoms with van der Waals surface area (Å²) in [5, 5.41) is 9.35. The van der Waals surface area contributed by atoms with Crippen molar-refractivity contribution in [3.05, 3.63) is 35.6 Å². The summed E-state index contributed by atoms with van der Waals surface area (Å²) < 4.78 is 13.4. The molecule has 0 bridgehead atoms. The number of halogens is 1. The van der Waals surface area contributed by atoms with Gasteiger partial charge in [0.2, 0.25) is 5.91 Å². The fourth-order valence-electron chi connectivity index (χ4n) is 3.56. The molecule has 2 fully saturated rings. The number of carbonyl (C=O) groups excluding carboxylic acids is 2. The van der Waals surface area contributed by atoms with Crippen molar-refractivity contribution >= 4 is 17.9 Å². The summed E-state index contributed by atoms with van der Waals surface area (Å²) in [7, 11) is 0. The van der Waals surface area contributed by atoms with Gasteiger partial charge in [-0.2, -0.15) is 0 Å². The average Bonchev–Trinajstić information content (AvgIpc) is 3.49. The van der Waals surface area contributed by atoms with E-state index in [0.29, 0.717) is 12.1 Å². The smallest absolute Gasteiger partial charge is 0.407 e. The van der Waals surface area contributed by atoms with Gasteiger partial charge in [0.15, 0.2) is 0 Å². The molecule has 0 aromatic heterocycles. The van der Waals surface area contributed by atoms with Crippen molar-refractivity contribution in [3.8, 4) is 0 Å². The van der Waals surface area contributed by atoms with Crippen LogP contribution in [0.2, 0.25) is 0 Å². The molecule has 1 aromatic rings. The maximum absolute atomic E-state index is 13.4. The van der Waals surface area contributed by atoms with Crippen molar-refractivity contribution in [2.24, 2.45) is 5.92 Å². The number of rotatable bonds is 4. The molecule has 1 aliphatic carbocycles. The van der Waals surface area contributed by atoms with E-state index in [1.54, 1.807) is 6.92 Å². The topological polar surface area (TPSA) is 102 Å². The molecule has 3 N–H and O–H groups in total. The molecular weight excluding hydrogens is 367 g/mol. The van der Waals surface area contributed by atoms with Crippen LogP contribution < -0.4 is 10.9 Å². The lowest BCUT2D eigenvalue weighted by Crippen LogP contribution is -2.60. The van der Waals surface area contributed by atoms with Crippen LogP contribution in [0.1, 0.15) is 38.3 Å². The quantitative estimate of drug-likeness (QED) is 0.674. The number of carboxylic acid groups (broad SMARTS) is 1. The summed E-state index contributed by atoms with van der Waals surface area (Å²) in [4.78, 5) is 39.5. The van der Waals surface area contributed by atoms with Gasteiger partial charge in [0.05, 0.1) is 0 Å². The van der Waals surface area contributed by atoms with Crippen LogP contribution in [-0.4, -0.2) is 58.0 Å². The zero-order chi connectivity index (χ0) is 20.4. The third-order valence-electron chi connectivity index (χ3n) is 5.30. The van der Waals surface area contributed by atoms with Gasteiger partial charge in [0.1, 0.15) is 11.9 Å². The van der Waals surface area contributed by atoms with E-state index in [0.717, 1.165) is 12.8 Å². The van der Waals surface area contributed by atoms with Gasteiger partial charge in [-0.05, 0) is 44.4 Å². The van der Waals surface area contributed by atoms with Crippen molar-refractivity contribution in [1.29, 1.82) is 0 Å². The zero-order valence-electron chi connectivity index (χ0n) is 15.9. The van der Waals surface area contributed by atoms with Gasteiger partial charge < -0.3 is 10.0 Å². The molecule has 9 heteroatoms. The first-order valence-electron chi connectivity index (χ1n) is 9.38. The SMILES string of the molecule is CC1CN(C(=O)O)[C@@H](C)CN1C(C(=O)NNC(=O)C1CC1)c1ccc(F)cc1. The number of nitrogens with zero attached hydrogens (tertiary/aromatic N) is 2. The summed E-state index contributed by atoms with van der Waals surface area (Å²) >= 11 is 0. The Kier molecular flexibility index (Phi) is 5.83. The molecule has 0 radical (unpaired) electrons. The van der Waals surface area contributed by atoms with E-state index in [1.165, 1.54) is 29.2 Å². The predicted octanol–water partition coefficient (Wildman–Crippen LogP) is 1.50. The highest BCUT2D eigenvalue weighted by molar-refractivity contribution is 5.87. The van der Waals surface area contributed by atoms with Crippen LogP contribution in [0.15, 0.2) is 24.3 Å². The second-order valence-corrected chi connectivity index (χ2v) is 7.54. The van der Waals surface area contributed by atoms with E-state index in [2.05, 4.69) is 10.9 Å². The molecule has 28 heavy (non-hydrogen) atoms. The maximum atomic E-state index is 13.4. The van der Waals surface area contributed by atoms with Gasteiger partial charge >= 0.3 is 6.09 Å². The van der Waals surface area contributed by atoms with Gasteiger partial charge in [-0.15, -0.1) is 0 Å². The van der Waals surface area contributed by atoms with Gasteiger partial charge in [-0.1, -0.05) is 12.1 Å². The van der Waals surface area contributed by atoms with Gasteiger partial charge in [0.25, 0.3) is 5.91 Å². The first kappa shape index (κ1) is 20.1. The van der Waals surface area contributed by atoms with E-state index in [9.17, 15) is 23.9 Å². The van der Waals surface area contributed by atoms with Crippen LogP contribution in [0.25, 0.3) is 0 Å². The largest absolute Gasteiger partial charge is 0.465 e. The lowest BCUT2D eigenvalue weighted by molar-refractivity contribution is -0.134. The third kappa shape index (κ3) is 4.41. The Hall–Kier alpha value is -2.68. The normalized spacial score (nSPS) is 23.8. The van der Waals surface area contributed by atoms with E-state index < -0.39 is 23.9 Å². The van der Waals surface area contributed by atoms with Crippen molar-refractivity contribution in [2.45, 2.75) is 44.8 Å². The number of hydrogen-bond acceptors (Lipinski definition) is 4. The molecule has 8 nitrogen and oxygen atoms in total. The Morgan fingerprint density at radius 1 is 1.07 bits per heavy atom. The molecule has 3 rings (SSSR count). The molecule has 1 heterocycles. The van der Waals surface area contributed by atoms with Crippen LogP contribution in [-0.2, 0) is 9.59 Å². The lowest BCUT2D eigenvalue weighted by atomic mass is 9.99. The predicted molar refractivity (Wildman–Crippen MR) is 98.5 cm³/mol.